The Morgan fingerprint density at radius 2 is 2.14 bits per heavy atom. The molecule has 0 spiro atoms. The van der Waals surface area contributed by atoms with Gasteiger partial charge < -0.3 is 0 Å². The average molecular weight is 329 g/mol. The molecule has 0 N–H and O–H groups in total. The summed E-state index contributed by atoms with van der Waals surface area (Å²) in [6, 6.07) is 9.93. The molecule has 22 heavy (non-hydrogen) atoms. The van der Waals surface area contributed by atoms with Crippen molar-refractivity contribution in [3.05, 3.63) is 68.0 Å². The molecule has 0 fully saturated rings. The predicted molar refractivity (Wildman–Crippen MR) is 85.6 cm³/mol. The topological polar surface area (TPSA) is 47.3 Å². The summed E-state index contributed by atoms with van der Waals surface area (Å²) in [4.78, 5) is 18.2. The van der Waals surface area contributed by atoms with Gasteiger partial charge in [-0.3, -0.25) is 4.79 Å². The molecule has 0 radical (unpaired) electrons. The summed E-state index contributed by atoms with van der Waals surface area (Å²) in [6.45, 7) is 0. The van der Waals surface area contributed by atoms with Crippen LogP contribution in [0.25, 0.3) is 21.7 Å². The van der Waals surface area contributed by atoms with Gasteiger partial charge in [-0.15, -0.1) is 16.4 Å². The molecule has 0 unspecified atom stereocenters. The van der Waals surface area contributed by atoms with Gasteiger partial charge in [0.05, 0.1) is 9.41 Å². The second-order valence-corrected chi connectivity index (χ2v) is 6.53. The van der Waals surface area contributed by atoms with Crippen LogP contribution in [0.1, 0.15) is 5.56 Å². The van der Waals surface area contributed by atoms with Crippen LogP contribution in [0.2, 0.25) is 0 Å². The minimum atomic E-state index is -0.333. The van der Waals surface area contributed by atoms with Gasteiger partial charge in [0.15, 0.2) is 5.82 Å². The largest absolute Gasteiger partial charge is 0.291 e. The molecule has 1 aromatic carbocycles. The van der Waals surface area contributed by atoms with Gasteiger partial charge in [0, 0.05) is 0 Å². The SMILES string of the molecule is O=c1/c(=C\c2cccc(F)c2)sc2nc(-c3cccs3)nn12. The molecule has 0 aliphatic heterocycles. The zero-order valence-electron chi connectivity index (χ0n) is 11.1. The number of fused-ring (bicyclic) bond motifs is 1. The highest BCUT2D eigenvalue weighted by Gasteiger charge is 2.12. The Morgan fingerprint density at radius 1 is 1.23 bits per heavy atom. The third kappa shape index (κ3) is 2.24. The molecule has 3 aromatic heterocycles. The maximum Gasteiger partial charge on any atom is 0.291 e. The first kappa shape index (κ1) is 13.3. The lowest BCUT2D eigenvalue weighted by Crippen LogP contribution is -2.23. The first-order valence-corrected chi connectivity index (χ1v) is 8.11. The number of hydrogen-bond acceptors (Lipinski definition) is 5. The fraction of sp³-hybridized carbons (Fsp3) is 0. The highest BCUT2D eigenvalue weighted by molar-refractivity contribution is 7.15. The Morgan fingerprint density at radius 3 is 2.86 bits per heavy atom. The fourth-order valence-corrected chi connectivity index (χ4v) is 3.65. The lowest BCUT2D eigenvalue weighted by molar-refractivity contribution is 0.627. The molecular formula is C15H8FN3OS2. The Labute approximate surface area is 131 Å². The average Bonchev–Trinajstić information content (AvgIpc) is 3.18. The van der Waals surface area contributed by atoms with E-state index in [0.717, 1.165) is 4.88 Å². The summed E-state index contributed by atoms with van der Waals surface area (Å²) in [5.74, 6) is 0.219. The van der Waals surface area contributed by atoms with E-state index in [0.29, 0.717) is 20.9 Å². The van der Waals surface area contributed by atoms with Gasteiger partial charge in [0.1, 0.15) is 5.82 Å². The quantitative estimate of drug-likeness (QED) is 0.568. The van der Waals surface area contributed by atoms with Crippen LogP contribution in [0.4, 0.5) is 4.39 Å². The van der Waals surface area contributed by atoms with E-state index in [-0.39, 0.29) is 11.4 Å². The third-order valence-corrected chi connectivity index (χ3v) is 4.89. The maximum absolute atomic E-state index is 13.2. The summed E-state index contributed by atoms with van der Waals surface area (Å²) in [7, 11) is 0. The van der Waals surface area contributed by atoms with Crippen molar-refractivity contribution >= 4 is 33.7 Å². The molecular weight excluding hydrogens is 321 g/mol. The van der Waals surface area contributed by atoms with Gasteiger partial charge in [0.25, 0.3) is 5.56 Å². The summed E-state index contributed by atoms with van der Waals surface area (Å²) in [5, 5.41) is 6.19. The number of aromatic nitrogens is 3. The van der Waals surface area contributed by atoms with Crippen LogP contribution in [0, 0.1) is 5.82 Å². The first-order chi connectivity index (χ1) is 10.7. The Balaban J connectivity index is 1.86. The van der Waals surface area contributed by atoms with E-state index >= 15 is 0 Å². The molecule has 108 valence electrons. The molecule has 0 saturated heterocycles. The number of benzene rings is 1. The molecule has 0 saturated carbocycles. The monoisotopic (exact) mass is 329 g/mol. The smallest absolute Gasteiger partial charge is 0.266 e. The van der Waals surface area contributed by atoms with Gasteiger partial charge in [-0.1, -0.05) is 29.5 Å². The van der Waals surface area contributed by atoms with Crippen molar-refractivity contribution in [2.45, 2.75) is 0 Å². The second-order valence-electron chi connectivity index (χ2n) is 4.58. The molecule has 0 bridgehead atoms. The molecule has 0 aliphatic rings. The van der Waals surface area contributed by atoms with E-state index in [9.17, 15) is 9.18 Å². The van der Waals surface area contributed by atoms with Gasteiger partial charge in [-0.25, -0.2) is 4.39 Å². The summed E-state index contributed by atoms with van der Waals surface area (Å²) in [6.07, 6.45) is 1.65. The molecule has 7 heteroatoms. The second kappa shape index (κ2) is 5.11. The van der Waals surface area contributed by atoms with Crippen molar-refractivity contribution in [2.75, 3.05) is 0 Å². The predicted octanol–water partition coefficient (Wildman–Crippen LogP) is 2.57. The van der Waals surface area contributed by atoms with Crippen LogP contribution in [0.15, 0.2) is 46.6 Å². The van der Waals surface area contributed by atoms with Gasteiger partial charge >= 0.3 is 0 Å². The molecule has 4 aromatic rings. The molecule has 3 heterocycles. The van der Waals surface area contributed by atoms with Gasteiger partial charge in [-0.2, -0.15) is 9.50 Å². The zero-order valence-corrected chi connectivity index (χ0v) is 12.7. The lowest BCUT2D eigenvalue weighted by atomic mass is 10.2. The Hall–Kier alpha value is -2.38. The highest BCUT2D eigenvalue weighted by Crippen LogP contribution is 2.21. The summed E-state index contributed by atoms with van der Waals surface area (Å²) in [5.41, 5.74) is 0.402. The number of nitrogens with zero attached hydrogens (tertiary/aromatic N) is 3. The van der Waals surface area contributed by atoms with Crippen molar-refractivity contribution in [2.24, 2.45) is 0 Å². The number of rotatable bonds is 2. The fourth-order valence-electron chi connectivity index (χ4n) is 2.09. The normalized spacial score (nSPS) is 12.3. The van der Waals surface area contributed by atoms with Crippen molar-refractivity contribution in [3.63, 3.8) is 0 Å². The van der Waals surface area contributed by atoms with E-state index in [4.69, 9.17) is 0 Å². The Kier molecular flexibility index (Phi) is 3.09. The third-order valence-electron chi connectivity index (χ3n) is 3.07. The van der Waals surface area contributed by atoms with E-state index in [1.807, 2.05) is 17.5 Å². The van der Waals surface area contributed by atoms with Crippen molar-refractivity contribution in [1.29, 1.82) is 0 Å². The maximum atomic E-state index is 13.2. The van der Waals surface area contributed by atoms with E-state index in [1.165, 1.54) is 39.3 Å². The highest BCUT2D eigenvalue weighted by atomic mass is 32.1. The van der Waals surface area contributed by atoms with Crippen LogP contribution in [-0.2, 0) is 0 Å². The minimum Gasteiger partial charge on any atom is -0.266 e. The zero-order chi connectivity index (χ0) is 15.1. The summed E-state index contributed by atoms with van der Waals surface area (Å²) < 4.78 is 15.0. The minimum absolute atomic E-state index is 0.237. The first-order valence-electron chi connectivity index (χ1n) is 6.41. The molecule has 0 aliphatic carbocycles. The number of halogens is 1. The standard InChI is InChI=1S/C15H8FN3OS2/c16-10-4-1-3-9(7-10)8-12-14(20)19-15(22-12)17-13(18-19)11-5-2-6-21-11/h1-8H/b12-8+. The summed E-state index contributed by atoms with van der Waals surface area (Å²) >= 11 is 2.77. The van der Waals surface area contributed by atoms with Crippen LogP contribution >= 0.6 is 22.7 Å². The van der Waals surface area contributed by atoms with Crippen LogP contribution in [0.5, 0.6) is 0 Å². The van der Waals surface area contributed by atoms with Crippen LogP contribution in [-0.4, -0.2) is 14.6 Å². The van der Waals surface area contributed by atoms with E-state index < -0.39 is 0 Å². The molecule has 4 nitrogen and oxygen atoms in total. The van der Waals surface area contributed by atoms with E-state index in [2.05, 4.69) is 10.1 Å². The van der Waals surface area contributed by atoms with Crippen LogP contribution < -0.4 is 10.1 Å². The van der Waals surface area contributed by atoms with Gasteiger partial charge in [0.2, 0.25) is 4.96 Å². The van der Waals surface area contributed by atoms with Crippen molar-refractivity contribution in [3.8, 4) is 10.7 Å². The van der Waals surface area contributed by atoms with Gasteiger partial charge in [-0.05, 0) is 35.2 Å². The molecule has 0 amide bonds. The Bertz CT molecular complexity index is 1070. The van der Waals surface area contributed by atoms with Crippen LogP contribution in [0.3, 0.4) is 0 Å². The lowest BCUT2D eigenvalue weighted by Gasteiger charge is -1.90. The van der Waals surface area contributed by atoms with Crippen molar-refractivity contribution in [1.82, 2.24) is 14.6 Å². The number of hydrogen-bond donors (Lipinski definition) is 0. The number of thiophene rings is 1. The van der Waals surface area contributed by atoms with Crippen molar-refractivity contribution < 1.29 is 4.39 Å². The van der Waals surface area contributed by atoms with E-state index in [1.54, 1.807) is 18.2 Å². The molecule has 0 atom stereocenters. The number of thiazole rings is 1. The molecule has 4 rings (SSSR count).